The van der Waals surface area contributed by atoms with Crippen LogP contribution >= 0.6 is 11.3 Å². The van der Waals surface area contributed by atoms with Crippen LogP contribution in [0.1, 0.15) is 41.9 Å². The summed E-state index contributed by atoms with van der Waals surface area (Å²) in [6, 6.07) is 3.60. The summed E-state index contributed by atoms with van der Waals surface area (Å²) in [5, 5.41) is 15.7. The molecule has 8 rings (SSSR count). The number of halogens is 1. The van der Waals surface area contributed by atoms with Crippen LogP contribution in [0.4, 0.5) is 9.18 Å². The van der Waals surface area contributed by atoms with E-state index in [9.17, 15) is 23.9 Å². The fourth-order valence-electron chi connectivity index (χ4n) is 7.49. The van der Waals surface area contributed by atoms with Gasteiger partial charge < -0.3 is 25.0 Å². The first-order valence-electron chi connectivity index (χ1n) is 14.6. The summed E-state index contributed by atoms with van der Waals surface area (Å²) >= 11 is 1.41. The maximum absolute atomic E-state index is 14.7. The van der Waals surface area contributed by atoms with Crippen molar-refractivity contribution in [2.24, 2.45) is 16.3 Å². The van der Waals surface area contributed by atoms with Crippen LogP contribution in [-0.2, 0) is 14.3 Å². The molecule has 226 valence electrons. The molecule has 2 amide bonds. The average molecular weight is 609 g/mol. The third kappa shape index (κ3) is 4.35. The van der Waals surface area contributed by atoms with Crippen molar-refractivity contribution in [3.8, 4) is 0 Å². The molecule has 3 aliphatic heterocycles. The van der Waals surface area contributed by atoms with Crippen LogP contribution < -0.4 is 5.32 Å². The smallest absolute Gasteiger partial charge is 0.338 e. The van der Waals surface area contributed by atoms with Gasteiger partial charge in [0.05, 0.1) is 29.7 Å². The van der Waals surface area contributed by atoms with Crippen molar-refractivity contribution in [3.63, 3.8) is 0 Å². The lowest BCUT2D eigenvalue weighted by molar-refractivity contribution is -0.214. The van der Waals surface area contributed by atoms with Crippen molar-refractivity contribution >= 4 is 35.1 Å². The van der Waals surface area contributed by atoms with E-state index in [1.807, 2.05) is 10.3 Å². The number of thiazole rings is 1. The lowest BCUT2D eigenvalue weighted by Gasteiger charge is -2.67. The van der Waals surface area contributed by atoms with E-state index in [4.69, 9.17) is 9.73 Å². The Morgan fingerprint density at radius 3 is 2.72 bits per heavy atom. The number of nitrogens with zero attached hydrogens (tertiary/aromatic N) is 5. The van der Waals surface area contributed by atoms with E-state index < -0.39 is 23.4 Å². The van der Waals surface area contributed by atoms with Crippen molar-refractivity contribution < 1.29 is 28.6 Å². The van der Waals surface area contributed by atoms with E-state index in [-0.39, 0.29) is 36.5 Å². The van der Waals surface area contributed by atoms with E-state index in [2.05, 4.69) is 15.2 Å². The number of aliphatic imine (C=N–C) groups is 1. The number of amidine groups is 1. The molecule has 3 saturated carbocycles. The van der Waals surface area contributed by atoms with Crippen LogP contribution in [0, 0.1) is 24.1 Å². The molecule has 13 heteroatoms. The lowest BCUT2D eigenvalue weighted by Crippen LogP contribution is -2.75. The topological polar surface area (TPSA) is 128 Å². The molecular weight excluding hydrogens is 575 g/mol. The highest BCUT2D eigenvalue weighted by molar-refractivity contribution is 7.11. The predicted molar refractivity (Wildman–Crippen MR) is 155 cm³/mol. The number of hydrogen-bond acceptors (Lipinski definition) is 9. The van der Waals surface area contributed by atoms with Gasteiger partial charge in [0.15, 0.2) is 10.8 Å². The fourth-order valence-corrected chi connectivity index (χ4v) is 8.07. The molecule has 3 atom stereocenters. The molecule has 2 aromatic rings. The molecule has 6 aliphatic rings. The minimum absolute atomic E-state index is 0.0771. The average Bonchev–Trinajstić information content (AvgIpc) is 3.57. The van der Waals surface area contributed by atoms with Crippen molar-refractivity contribution in [1.82, 2.24) is 25.0 Å². The Morgan fingerprint density at radius 2 is 2.05 bits per heavy atom. The molecule has 1 unspecified atom stereocenters. The van der Waals surface area contributed by atoms with E-state index >= 15 is 0 Å². The van der Waals surface area contributed by atoms with Crippen LogP contribution in [0.15, 0.2) is 46.0 Å². The maximum atomic E-state index is 14.7. The summed E-state index contributed by atoms with van der Waals surface area (Å²) in [5.74, 6) is -0.942. The number of urea groups is 1. The summed E-state index contributed by atoms with van der Waals surface area (Å²) in [5.41, 5.74) is 1.12. The molecule has 0 spiro atoms. The monoisotopic (exact) mass is 608 g/mol. The Balaban J connectivity index is 1.18. The molecule has 1 aromatic heterocycles. The number of carbonyl (C=O) groups is 3. The molecular formula is C30H33FN6O5S. The zero-order valence-corrected chi connectivity index (χ0v) is 24.8. The van der Waals surface area contributed by atoms with Gasteiger partial charge >= 0.3 is 18.0 Å². The van der Waals surface area contributed by atoms with Gasteiger partial charge in [-0.25, -0.2) is 19.0 Å². The third-order valence-corrected chi connectivity index (χ3v) is 10.5. The summed E-state index contributed by atoms with van der Waals surface area (Å²) in [4.78, 5) is 54.0. The Labute approximate surface area is 252 Å². The number of ether oxygens (including phenoxy) is 1. The second-order valence-corrected chi connectivity index (χ2v) is 12.9. The minimum Gasteiger partial charge on any atom is -0.481 e. The Bertz CT molecular complexity index is 1550. The number of carboxylic acid groups (broad SMARTS) is 1. The second kappa shape index (κ2) is 10.4. The molecule has 0 radical (unpaired) electrons. The molecule has 5 fully saturated rings. The molecule has 1 aromatic carbocycles. The van der Waals surface area contributed by atoms with Crippen molar-refractivity contribution in [1.29, 1.82) is 0 Å². The summed E-state index contributed by atoms with van der Waals surface area (Å²) in [6.07, 6.45) is 2.98. The third-order valence-electron chi connectivity index (χ3n) is 9.74. The van der Waals surface area contributed by atoms with Gasteiger partial charge in [0.1, 0.15) is 11.9 Å². The highest BCUT2D eigenvalue weighted by Gasteiger charge is 2.73. The maximum Gasteiger partial charge on any atom is 0.338 e. The summed E-state index contributed by atoms with van der Waals surface area (Å²) in [7, 11) is 0. The van der Waals surface area contributed by atoms with Gasteiger partial charge in [0, 0.05) is 50.0 Å². The molecule has 43 heavy (non-hydrogen) atoms. The van der Waals surface area contributed by atoms with Crippen LogP contribution in [0.25, 0.3) is 0 Å². The number of fused-ring (bicyclic) bond motifs is 1. The summed E-state index contributed by atoms with van der Waals surface area (Å²) in [6.45, 7) is 6.07. The van der Waals surface area contributed by atoms with Crippen LogP contribution in [0.5, 0.6) is 0 Å². The summed E-state index contributed by atoms with van der Waals surface area (Å²) < 4.78 is 20.2. The number of esters is 1. The number of hydrogen-bond donors (Lipinski definition) is 2. The molecule has 2 bridgehead atoms. The van der Waals surface area contributed by atoms with E-state index in [1.54, 1.807) is 37.1 Å². The highest BCUT2D eigenvalue weighted by Crippen LogP contribution is 2.67. The quantitative estimate of drug-likeness (QED) is 0.438. The van der Waals surface area contributed by atoms with E-state index in [1.165, 1.54) is 17.4 Å². The number of carbonyl (C=O) groups excluding carboxylic acids is 2. The lowest BCUT2D eigenvalue weighted by atomic mass is 9.40. The number of nitrogens with one attached hydrogen (secondary N) is 1. The number of carboxylic acids is 1. The van der Waals surface area contributed by atoms with Crippen LogP contribution in [0.3, 0.4) is 0 Å². The van der Waals surface area contributed by atoms with E-state index in [0.717, 1.165) is 0 Å². The highest BCUT2D eigenvalue weighted by atomic mass is 32.1. The van der Waals surface area contributed by atoms with Gasteiger partial charge in [-0.05, 0) is 49.8 Å². The fraction of sp³-hybridized carbons (Fsp3) is 0.500. The Hall–Kier alpha value is -3.84. The number of aromatic nitrogens is 1. The zero-order chi connectivity index (χ0) is 30.0. The number of rotatable bonds is 8. The second-order valence-electron chi connectivity index (χ2n) is 12.0. The van der Waals surface area contributed by atoms with Gasteiger partial charge in [-0.2, -0.15) is 0 Å². The van der Waals surface area contributed by atoms with Crippen molar-refractivity contribution in [3.05, 3.63) is 63.0 Å². The molecule has 2 N–H and O–H groups in total. The standard InChI is InChI=1S/C30H33FN6O5S/c1-3-42-27(38)22-21(33-25(26-32-7-10-43-26)34-23(22)19-5-4-6-20(31)16(19)2)15-35-8-9-36-18(13-35)14-37(29(36)41)24-17-11-30(24,12-17)28(39)40/h4-7,10,17-18,23-24H,3,8-9,11-15H2,1-2H3,(H,33,34)(H,39,40)/t17?,18-,23-,24?,30?/m0/s1. The Morgan fingerprint density at radius 1 is 1.23 bits per heavy atom. The molecule has 11 nitrogen and oxygen atoms in total. The van der Waals surface area contributed by atoms with Crippen molar-refractivity contribution in [2.45, 2.75) is 44.8 Å². The van der Waals surface area contributed by atoms with Crippen LogP contribution in [0.2, 0.25) is 0 Å². The molecule has 2 saturated heterocycles. The molecule has 4 heterocycles. The SMILES string of the molecule is CCOC(=O)C1=C(CN2CCN3C(=O)N(C4C5CC4(C(=O)O)C5)C[C@@H]3C2)NC(c2nccs2)=N[C@H]1c1cccc(F)c1C. The largest absolute Gasteiger partial charge is 0.481 e. The van der Waals surface area contributed by atoms with Crippen molar-refractivity contribution in [2.75, 3.05) is 39.3 Å². The van der Waals surface area contributed by atoms with Gasteiger partial charge in [0.25, 0.3) is 0 Å². The first kappa shape index (κ1) is 28.0. The van der Waals surface area contributed by atoms with Gasteiger partial charge in [-0.1, -0.05) is 12.1 Å². The number of aliphatic carboxylic acids is 1. The van der Waals surface area contributed by atoms with Gasteiger partial charge in [0.2, 0.25) is 0 Å². The van der Waals surface area contributed by atoms with Gasteiger partial charge in [-0.15, -0.1) is 11.3 Å². The Kier molecular flexibility index (Phi) is 6.77. The van der Waals surface area contributed by atoms with Crippen LogP contribution in [-0.4, -0.2) is 100 Å². The normalized spacial score (nSPS) is 29.8. The van der Waals surface area contributed by atoms with E-state index in [0.29, 0.717) is 78.8 Å². The number of amides is 2. The molecule has 3 aliphatic carbocycles. The zero-order valence-electron chi connectivity index (χ0n) is 24.0. The first-order chi connectivity index (χ1) is 20.7. The minimum atomic E-state index is -0.804. The van der Waals surface area contributed by atoms with Gasteiger partial charge in [-0.3, -0.25) is 14.7 Å². The number of piperazine rings is 1. The first-order valence-corrected chi connectivity index (χ1v) is 15.5. The predicted octanol–water partition coefficient (Wildman–Crippen LogP) is 2.78. The number of benzene rings is 1.